The van der Waals surface area contributed by atoms with Crippen LogP contribution in [0, 0.1) is 0 Å². The number of piperazine rings is 1. The first kappa shape index (κ1) is 17.2. The lowest BCUT2D eigenvalue weighted by atomic mass is 10.1. The normalized spacial score (nSPS) is 14.5. The Morgan fingerprint density at radius 2 is 1.72 bits per heavy atom. The van der Waals surface area contributed by atoms with Crippen LogP contribution in [0.15, 0.2) is 36.4 Å². The minimum Gasteiger partial charge on any atom is -0.353 e. The molecule has 0 aliphatic carbocycles. The molecule has 0 bridgehead atoms. The smallest absolute Gasteiger partial charge is 0.227 e. The van der Waals surface area contributed by atoms with Gasteiger partial charge in [-0.3, -0.25) is 4.79 Å². The molecule has 0 radical (unpaired) electrons. The van der Waals surface area contributed by atoms with Crippen LogP contribution in [0.5, 0.6) is 0 Å². The summed E-state index contributed by atoms with van der Waals surface area (Å²) >= 11 is 0. The Balaban J connectivity index is 1.96. The number of aromatic nitrogens is 2. The zero-order valence-corrected chi connectivity index (χ0v) is 14.9. The van der Waals surface area contributed by atoms with Gasteiger partial charge in [0, 0.05) is 50.9 Å². The number of nitrogens with zero attached hydrogens (tertiary/aromatic N) is 5. The van der Waals surface area contributed by atoms with Gasteiger partial charge in [-0.25, -0.2) is 4.98 Å². The van der Waals surface area contributed by atoms with Crippen molar-refractivity contribution in [1.82, 2.24) is 14.9 Å². The van der Waals surface area contributed by atoms with Crippen LogP contribution in [0.3, 0.4) is 0 Å². The topological polar surface area (TPSA) is 52.6 Å². The van der Waals surface area contributed by atoms with E-state index in [2.05, 4.69) is 41.8 Å². The Morgan fingerprint density at radius 3 is 2.32 bits per heavy atom. The highest BCUT2D eigenvalue weighted by Gasteiger charge is 2.19. The lowest BCUT2D eigenvalue weighted by Gasteiger charge is -2.34. The fraction of sp³-hybridized carbons (Fsp3) is 0.421. The van der Waals surface area contributed by atoms with Gasteiger partial charge in [0.25, 0.3) is 0 Å². The van der Waals surface area contributed by atoms with Crippen molar-refractivity contribution in [2.24, 2.45) is 0 Å². The summed E-state index contributed by atoms with van der Waals surface area (Å²) in [4.78, 5) is 26.7. The fourth-order valence-electron chi connectivity index (χ4n) is 3.05. The molecule has 1 aliphatic heterocycles. The quantitative estimate of drug-likeness (QED) is 0.756. The van der Waals surface area contributed by atoms with Gasteiger partial charge in [0.05, 0.1) is 5.69 Å². The third-order valence-electron chi connectivity index (χ3n) is 4.60. The van der Waals surface area contributed by atoms with E-state index in [0.29, 0.717) is 0 Å². The zero-order valence-electron chi connectivity index (χ0n) is 14.9. The van der Waals surface area contributed by atoms with Crippen molar-refractivity contribution in [1.29, 1.82) is 0 Å². The second kappa shape index (κ2) is 7.96. The molecule has 1 aromatic heterocycles. The molecule has 2 aromatic rings. The first-order chi connectivity index (χ1) is 12.2. The van der Waals surface area contributed by atoms with Gasteiger partial charge < -0.3 is 14.7 Å². The molecule has 0 saturated carbocycles. The van der Waals surface area contributed by atoms with Crippen molar-refractivity contribution in [2.75, 3.05) is 49.1 Å². The molecule has 0 N–H and O–H groups in total. The van der Waals surface area contributed by atoms with Crippen molar-refractivity contribution in [3.63, 3.8) is 0 Å². The number of carbonyl (C=O) groups excluding carboxylic acids is 1. The summed E-state index contributed by atoms with van der Waals surface area (Å²) in [5.74, 6) is 1.69. The van der Waals surface area contributed by atoms with Crippen LogP contribution >= 0.6 is 0 Å². The number of rotatable bonds is 6. The monoisotopic (exact) mass is 339 g/mol. The van der Waals surface area contributed by atoms with Crippen molar-refractivity contribution in [2.45, 2.75) is 13.8 Å². The molecule has 1 fully saturated rings. The molecule has 1 amide bonds. The highest BCUT2D eigenvalue weighted by Crippen LogP contribution is 2.25. The predicted octanol–water partition coefficient (Wildman–Crippen LogP) is 2.27. The van der Waals surface area contributed by atoms with Crippen molar-refractivity contribution >= 4 is 18.2 Å². The van der Waals surface area contributed by atoms with Gasteiger partial charge in [-0.2, -0.15) is 4.98 Å². The lowest BCUT2D eigenvalue weighted by molar-refractivity contribution is -0.118. The van der Waals surface area contributed by atoms with Crippen LogP contribution in [0.1, 0.15) is 13.8 Å². The predicted molar refractivity (Wildman–Crippen MR) is 101 cm³/mol. The average molecular weight is 339 g/mol. The summed E-state index contributed by atoms with van der Waals surface area (Å²) in [5.41, 5.74) is 2.02. The molecular formula is C19H25N5O. The van der Waals surface area contributed by atoms with Crippen molar-refractivity contribution < 1.29 is 4.79 Å². The Morgan fingerprint density at radius 1 is 1.04 bits per heavy atom. The number of benzene rings is 1. The molecule has 0 spiro atoms. The maximum atomic E-state index is 10.9. The number of anilines is 2. The van der Waals surface area contributed by atoms with E-state index < -0.39 is 0 Å². The average Bonchev–Trinajstić information content (AvgIpc) is 2.69. The summed E-state index contributed by atoms with van der Waals surface area (Å²) in [6.07, 6.45) is 0.925. The summed E-state index contributed by atoms with van der Waals surface area (Å²) < 4.78 is 0. The highest BCUT2D eigenvalue weighted by molar-refractivity contribution is 5.65. The molecule has 1 aromatic carbocycles. The Kier molecular flexibility index (Phi) is 5.48. The molecule has 3 rings (SSSR count). The fourth-order valence-corrected chi connectivity index (χ4v) is 3.05. The number of hydrogen-bond donors (Lipinski definition) is 0. The second-order valence-electron chi connectivity index (χ2n) is 6.08. The van der Waals surface area contributed by atoms with E-state index in [0.717, 1.165) is 68.7 Å². The van der Waals surface area contributed by atoms with Gasteiger partial charge in [-0.15, -0.1) is 0 Å². The van der Waals surface area contributed by atoms with E-state index in [9.17, 15) is 4.79 Å². The van der Waals surface area contributed by atoms with Gasteiger partial charge in [0.1, 0.15) is 5.82 Å². The Bertz CT molecular complexity index is 694. The second-order valence-corrected chi connectivity index (χ2v) is 6.08. The van der Waals surface area contributed by atoms with Crippen LogP contribution < -0.4 is 9.80 Å². The van der Waals surface area contributed by atoms with Crippen LogP contribution in [-0.4, -0.2) is 60.5 Å². The summed E-state index contributed by atoms with van der Waals surface area (Å²) in [6, 6.07) is 12.3. The largest absolute Gasteiger partial charge is 0.353 e. The molecule has 0 atom stereocenters. The molecule has 1 aliphatic rings. The maximum absolute atomic E-state index is 10.9. The van der Waals surface area contributed by atoms with E-state index >= 15 is 0 Å². The minimum atomic E-state index is 0.731. The third kappa shape index (κ3) is 3.90. The van der Waals surface area contributed by atoms with E-state index in [4.69, 9.17) is 9.97 Å². The third-order valence-corrected chi connectivity index (χ3v) is 4.60. The van der Waals surface area contributed by atoms with Crippen molar-refractivity contribution in [3.05, 3.63) is 36.4 Å². The Hall–Kier alpha value is -2.63. The zero-order chi connectivity index (χ0) is 17.6. The number of amides is 1. The van der Waals surface area contributed by atoms with Crippen LogP contribution in [0.2, 0.25) is 0 Å². The molecule has 25 heavy (non-hydrogen) atoms. The number of carbonyl (C=O) groups is 1. The first-order valence-corrected chi connectivity index (χ1v) is 8.89. The van der Waals surface area contributed by atoms with Crippen LogP contribution in [-0.2, 0) is 4.79 Å². The first-order valence-electron chi connectivity index (χ1n) is 8.89. The maximum Gasteiger partial charge on any atom is 0.227 e. The SMILES string of the molecule is CCN(CC)c1nc(-c2ccccc2)cc(N2CCN(C=O)CC2)n1. The molecule has 0 unspecified atom stereocenters. The van der Waals surface area contributed by atoms with Gasteiger partial charge in [-0.05, 0) is 13.8 Å². The van der Waals surface area contributed by atoms with Crippen LogP contribution in [0.4, 0.5) is 11.8 Å². The summed E-state index contributed by atoms with van der Waals surface area (Å²) in [5, 5.41) is 0. The molecule has 2 heterocycles. The number of hydrogen-bond acceptors (Lipinski definition) is 5. The van der Waals surface area contributed by atoms with E-state index in [1.807, 2.05) is 18.2 Å². The minimum absolute atomic E-state index is 0.731. The van der Waals surface area contributed by atoms with Crippen LogP contribution in [0.25, 0.3) is 11.3 Å². The van der Waals surface area contributed by atoms with Gasteiger partial charge in [-0.1, -0.05) is 30.3 Å². The van der Waals surface area contributed by atoms with E-state index in [-0.39, 0.29) is 0 Å². The molecule has 1 saturated heterocycles. The summed E-state index contributed by atoms with van der Waals surface area (Å²) in [6.45, 7) is 9.02. The molecule has 6 nitrogen and oxygen atoms in total. The molecular weight excluding hydrogens is 314 g/mol. The van der Waals surface area contributed by atoms with Gasteiger partial charge in [0.2, 0.25) is 12.4 Å². The van der Waals surface area contributed by atoms with E-state index in [1.54, 1.807) is 4.90 Å². The van der Waals surface area contributed by atoms with E-state index in [1.165, 1.54) is 0 Å². The van der Waals surface area contributed by atoms with Gasteiger partial charge >= 0.3 is 0 Å². The summed E-state index contributed by atoms with van der Waals surface area (Å²) in [7, 11) is 0. The highest BCUT2D eigenvalue weighted by atomic mass is 16.1. The standard InChI is InChI=1S/C19H25N5O/c1-3-23(4-2)19-20-17(16-8-6-5-7-9-16)14-18(21-19)24-12-10-22(15-25)11-13-24/h5-9,14-15H,3-4,10-13H2,1-2H3. The molecule has 6 heteroatoms. The Labute approximate surface area is 149 Å². The molecule has 132 valence electrons. The van der Waals surface area contributed by atoms with Crippen molar-refractivity contribution in [3.8, 4) is 11.3 Å². The van der Waals surface area contributed by atoms with Gasteiger partial charge in [0.15, 0.2) is 0 Å². The lowest BCUT2D eigenvalue weighted by Crippen LogP contribution is -2.46.